The summed E-state index contributed by atoms with van der Waals surface area (Å²) in [7, 11) is -3.77. The van der Waals surface area contributed by atoms with Crippen LogP contribution in [0.3, 0.4) is 0 Å². The highest BCUT2D eigenvalue weighted by Crippen LogP contribution is 2.21. The lowest BCUT2D eigenvalue weighted by atomic mass is 10.2. The SMILES string of the molecule is Cc1ccc(S(=O)(=O)NCCCO)cc1[N+](=O)[O-]. The van der Waals surface area contributed by atoms with Crippen molar-refractivity contribution in [2.24, 2.45) is 0 Å². The number of nitro groups is 1. The molecule has 0 radical (unpaired) electrons. The van der Waals surface area contributed by atoms with Gasteiger partial charge in [-0.3, -0.25) is 10.1 Å². The minimum Gasteiger partial charge on any atom is -0.396 e. The summed E-state index contributed by atoms with van der Waals surface area (Å²) in [5.74, 6) is 0. The topological polar surface area (TPSA) is 110 Å². The van der Waals surface area contributed by atoms with Crippen molar-refractivity contribution in [3.05, 3.63) is 33.9 Å². The fourth-order valence-corrected chi connectivity index (χ4v) is 2.42. The number of nitro benzene ring substituents is 1. The molecule has 0 unspecified atom stereocenters. The molecule has 100 valence electrons. The zero-order valence-electron chi connectivity index (χ0n) is 9.79. The number of nitrogens with zero attached hydrogens (tertiary/aromatic N) is 1. The van der Waals surface area contributed by atoms with E-state index in [0.717, 1.165) is 6.07 Å². The summed E-state index contributed by atoms with van der Waals surface area (Å²) in [5, 5.41) is 19.3. The predicted octanol–water partition coefficient (Wildman–Crippen LogP) is 0.564. The highest BCUT2D eigenvalue weighted by molar-refractivity contribution is 7.89. The van der Waals surface area contributed by atoms with Crippen molar-refractivity contribution in [1.82, 2.24) is 4.72 Å². The average molecular weight is 274 g/mol. The zero-order chi connectivity index (χ0) is 13.8. The standard InChI is InChI=1S/C10H14N2O5S/c1-8-3-4-9(7-10(8)12(14)15)18(16,17)11-5-2-6-13/h3-4,7,11,13H,2,5-6H2,1H3. The van der Waals surface area contributed by atoms with Gasteiger partial charge in [-0.05, 0) is 19.4 Å². The largest absolute Gasteiger partial charge is 0.396 e. The molecule has 0 aliphatic heterocycles. The van der Waals surface area contributed by atoms with Gasteiger partial charge >= 0.3 is 0 Å². The van der Waals surface area contributed by atoms with Crippen LogP contribution in [0, 0.1) is 17.0 Å². The molecule has 0 aliphatic carbocycles. The summed E-state index contributed by atoms with van der Waals surface area (Å²) >= 11 is 0. The normalized spacial score (nSPS) is 11.4. The van der Waals surface area contributed by atoms with Gasteiger partial charge in [0.1, 0.15) is 0 Å². The van der Waals surface area contributed by atoms with Crippen molar-refractivity contribution in [3.63, 3.8) is 0 Å². The average Bonchev–Trinajstić information content (AvgIpc) is 2.29. The molecule has 1 aromatic rings. The molecule has 0 aromatic heterocycles. The number of nitrogens with one attached hydrogen (secondary N) is 1. The second-order valence-electron chi connectivity index (χ2n) is 3.68. The van der Waals surface area contributed by atoms with Crippen molar-refractivity contribution in [2.75, 3.05) is 13.2 Å². The van der Waals surface area contributed by atoms with Gasteiger partial charge in [-0.25, -0.2) is 13.1 Å². The van der Waals surface area contributed by atoms with Gasteiger partial charge in [-0.2, -0.15) is 0 Å². The van der Waals surface area contributed by atoms with Crippen LogP contribution < -0.4 is 4.72 Å². The van der Waals surface area contributed by atoms with Gasteiger partial charge in [0, 0.05) is 24.8 Å². The third-order valence-corrected chi connectivity index (χ3v) is 3.77. The van der Waals surface area contributed by atoms with E-state index in [1.165, 1.54) is 19.1 Å². The first kappa shape index (κ1) is 14.6. The van der Waals surface area contributed by atoms with Crippen LogP contribution in [0.1, 0.15) is 12.0 Å². The third-order valence-electron chi connectivity index (χ3n) is 2.31. The molecule has 0 atom stereocenters. The second-order valence-corrected chi connectivity index (χ2v) is 5.45. The van der Waals surface area contributed by atoms with Gasteiger partial charge in [0.15, 0.2) is 0 Å². The van der Waals surface area contributed by atoms with Crippen molar-refractivity contribution < 1.29 is 18.4 Å². The molecule has 18 heavy (non-hydrogen) atoms. The Labute approximate surface area is 105 Å². The fraction of sp³-hybridized carbons (Fsp3) is 0.400. The smallest absolute Gasteiger partial charge is 0.273 e. The van der Waals surface area contributed by atoms with Crippen molar-refractivity contribution in [3.8, 4) is 0 Å². The molecular weight excluding hydrogens is 260 g/mol. The summed E-state index contributed by atoms with van der Waals surface area (Å²) in [6, 6.07) is 3.72. The van der Waals surface area contributed by atoms with Crippen molar-refractivity contribution >= 4 is 15.7 Å². The molecule has 0 saturated carbocycles. The van der Waals surface area contributed by atoms with Crippen LogP contribution >= 0.6 is 0 Å². The fourth-order valence-electron chi connectivity index (χ4n) is 1.32. The lowest BCUT2D eigenvalue weighted by molar-refractivity contribution is -0.385. The van der Waals surface area contributed by atoms with E-state index in [1.54, 1.807) is 0 Å². The lowest BCUT2D eigenvalue weighted by Gasteiger charge is -2.06. The second kappa shape index (κ2) is 5.89. The van der Waals surface area contributed by atoms with E-state index in [9.17, 15) is 18.5 Å². The molecule has 0 spiro atoms. The van der Waals surface area contributed by atoms with Gasteiger partial charge in [0.05, 0.1) is 9.82 Å². The lowest BCUT2D eigenvalue weighted by Crippen LogP contribution is -2.25. The highest BCUT2D eigenvalue weighted by atomic mass is 32.2. The number of aliphatic hydroxyl groups excluding tert-OH is 1. The third kappa shape index (κ3) is 3.49. The van der Waals surface area contributed by atoms with Gasteiger partial charge in [-0.1, -0.05) is 6.07 Å². The van der Waals surface area contributed by atoms with E-state index in [2.05, 4.69) is 4.72 Å². The summed E-state index contributed by atoms with van der Waals surface area (Å²) < 4.78 is 25.8. The van der Waals surface area contributed by atoms with Crippen LogP contribution in [0.2, 0.25) is 0 Å². The van der Waals surface area contributed by atoms with Crippen LogP contribution in [-0.2, 0) is 10.0 Å². The van der Waals surface area contributed by atoms with E-state index in [0.29, 0.717) is 5.56 Å². The van der Waals surface area contributed by atoms with Gasteiger partial charge < -0.3 is 5.11 Å². The molecule has 1 aromatic carbocycles. The molecule has 1 rings (SSSR count). The molecule has 7 nitrogen and oxygen atoms in total. The Morgan fingerprint density at radius 3 is 2.67 bits per heavy atom. The van der Waals surface area contributed by atoms with Crippen LogP contribution in [-0.4, -0.2) is 31.6 Å². The Kier molecular flexibility index (Phi) is 4.76. The zero-order valence-corrected chi connectivity index (χ0v) is 10.6. The van der Waals surface area contributed by atoms with E-state index >= 15 is 0 Å². The predicted molar refractivity (Wildman–Crippen MR) is 64.7 cm³/mol. The molecule has 2 N–H and O–H groups in total. The van der Waals surface area contributed by atoms with Crippen LogP contribution in [0.4, 0.5) is 5.69 Å². The van der Waals surface area contributed by atoms with Crippen LogP contribution in [0.25, 0.3) is 0 Å². The summed E-state index contributed by atoms with van der Waals surface area (Å²) in [5.41, 5.74) is 0.161. The summed E-state index contributed by atoms with van der Waals surface area (Å²) in [6.45, 7) is 1.49. The molecule has 8 heteroatoms. The number of hydrogen-bond donors (Lipinski definition) is 2. The minimum atomic E-state index is -3.77. The quantitative estimate of drug-likeness (QED) is 0.447. The molecular formula is C10H14N2O5S. The Morgan fingerprint density at radius 1 is 1.44 bits per heavy atom. The van der Waals surface area contributed by atoms with Gasteiger partial charge in [0.2, 0.25) is 10.0 Å². The first-order valence-electron chi connectivity index (χ1n) is 5.24. The van der Waals surface area contributed by atoms with Crippen LogP contribution in [0.5, 0.6) is 0 Å². The monoisotopic (exact) mass is 274 g/mol. The summed E-state index contributed by atoms with van der Waals surface area (Å²) in [4.78, 5) is 9.94. The Hall–Kier alpha value is -1.51. The van der Waals surface area contributed by atoms with Crippen molar-refractivity contribution in [2.45, 2.75) is 18.2 Å². The summed E-state index contributed by atoms with van der Waals surface area (Å²) in [6.07, 6.45) is 0.285. The Balaban J connectivity index is 3.02. The first-order chi connectivity index (χ1) is 8.38. The molecule has 0 amide bonds. The van der Waals surface area contributed by atoms with Crippen molar-refractivity contribution in [1.29, 1.82) is 0 Å². The molecule has 0 fully saturated rings. The van der Waals surface area contributed by atoms with Gasteiger partial charge in [-0.15, -0.1) is 0 Å². The number of hydrogen-bond acceptors (Lipinski definition) is 5. The number of rotatable bonds is 6. The highest BCUT2D eigenvalue weighted by Gasteiger charge is 2.19. The molecule has 0 bridgehead atoms. The van der Waals surface area contributed by atoms with E-state index in [4.69, 9.17) is 5.11 Å². The minimum absolute atomic E-state index is 0.0838. The molecule has 0 saturated heterocycles. The maximum absolute atomic E-state index is 11.8. The van der Waals surface area contributed by atoms with E-state index in [-0.39, 0.29) is 30.2 Å². The van der Waals surface area contributed by atoms with E-state index in [1.807, 2.05) is 0 Å². The van der Waals surface area contributed by atoms with E-state index < -0.39 is 14.9 Å². The maximum atomic E-state index is 11.8. The molecule has 0 heterocycles. The van der Waals surface area contributed by atoms with Gasteiger partial charge in [0.25, 0.3) is 5.69 Å². The van der Waals surface area contributed by atoms with Crippen LogP contribution in [0.15, 0.2) is 23.1 Å². The molecule has 0 aliphatic rings. The maximum Gasteiger partial charge on any atom is 0.273 e. The Morgan fingerprint density at radius 2 is 2.11 bits per heavy atom. The number of sulfonamides is 1. The first-order valence-corrected chi connectivity index (χ1v) is 6.72. The Bertz CT molecular complexity index is 541. The number of benzene rings is 1. The number of aryl methyl sites for hydroxylation is 1. The number of aliphatic hydroxyl groups is 1.